The van der Waals surface area contributed by atoms with Gasteiger partial charge in [-0.1, -0.05) is 30.3 Å². The molecule has 0 aliphatic carbocycles. The van der Waals surface area contributed by atoms with Gasteiger partial charge in [0.1, 0.15) is 18.2 Å². The highest BCUT2D eigenvalue weighted by Crippen LogP contribution is 2.28. The van der Waals surface area contributed by atoms with Crippen LogP contribution in [0.15, 0.2) is 81.3 Å². The molecule has 0 saturated carbocycles. The predicted molar refractivity (Wildman–Crippen MR) is 129 cm³/mol. The average Bonchev–Trinajstić information content (AvgIpc) is 3.43. The molecule has 5 nitrogen and oxygen atoms in total. The zero-order chi connectivity index (χ0) is 20.8. The summed E-state index contributed by atoms with van der Waals surface area (Å²) in [6.45, 7) is 0.547. The van der Waals surface area contributed by atoms with E-state index in [0.717, 1.165) is 27.0 Å². The van der Waals surface area contributed by atoms with Crippen molar-refractivity contribution in [3.8, 4) is 5.75 Å². The van der Waals surface area contributed by atoms with Crippen LogP contribution < -0.4 is 15.8 Å². The van der Waals surface area contributed by atoms with E-state index in [4.69, 9.17) is 10.5 Å². The number of anilines is 2. The third-order valence-corrected chi connectivity index (χ3v) is 7.05. The zero-order valence-corrected chi connectivity index (χ0v) is 18.7. The monoisotopic (exact) mass is 452 g/mol. The van der Waals surface area contributed by atoms with E-state index in [-0.39, 0.29) is 0 Å². The Morgan fingerprint density at radius 1 is 1.10 bits per heavy atom. The minimum Gasteiger partial charge on any atom is -0.489 e. The molecule has 0 spiro atoms. The second-order valence-electron chi connectivity index (χ2n) is 6.25. The minimum atomic E-state index is 0.483. The summed E-state index contributed by atoms with van der Waals surface area (Å²) in [6.07, 6.45) is 2.04. The van der Waals surface area contributed by atoms with Crippen LogP contribution in [-0.4, -0.2) is 17.1 Å². The summed E-state index contributed by atoms with van der Waals surface area (Å²) < 4.78 is 7.03. The molecule has 0 aliphatic heterocycles. The van der Waals surface area contributed by atoms with E-state index in [2.05, 4.69) is 15.3 Å². The number of nitrogens with one attached hydrogen (secondary N) is 1. The minimum absolute atomic E-state index is 0.483. The van der Waals surface area contributed by atoms with E-state index in [1.54, 1.807) is 23.1 Å². The van der Waals surface area contributed by atoms with E-state index in [1.165, 1.54) is 15.5 Å². The van der Waals surface area contributed by atoms with Gasteiger partial charge < -0.3 is 15.8 Å². The fourth-order valence-electron chi connectivity index (χ4n) is 2.62. The summed E-state index contributed by atoms with van der Waals surface area (Å²) in [7, 11) is 0. The fourth-order valence-corrected chi connectivity index (χ4v) is 4.71. The topological polar surface area (TPSA) is 72.5 Å². The first-order chi connectivity index (χ1) is 14.7. The Kier molecular flexibility index (Phi) is 6.68. The lowest BCUT2D eigenvalue weighted by Crippen LogP contribution is -2.10. The van der Waals surface area contributed by atoms with Crippen molar-refractivity contribution in [3.05, 3.63) is 82.6 Å². The molecule has 0 aliphatic rings. The lowest BCUT2D eigenvalue weighted by atomic mass is 10.2. The normalized spacial score (nSPS) is 11.4. The number of hydrogen-bond donors (Lipinski definition) is 2. The second-order valence-corrected chi connectivity index (χ2v) is 9.30. The fraction of sp³-hybridized carbons (Fsp3) is 0.0909. The highest BCUT2D eigenvalue weighted by Gasteiger charge is 2.07. The number of aromatic nitrogens is 1. The van der Waals surface area contributed by atoms with Crippen molar-refractivity contribution in [2.45, 2.75) is 10.8 Å². The number of benzene rings is 2. The Hall–Kier alpha value is -2.81. The number of aliphatic imine (C=N–C) groups is 1. The van der Waals surface area contributed by atoms with E-state index in [1.807, 2.05) is 78.4 Å². The number of hydrogen-bond acceptors (Lipinski definition) is 7. The number of nitrogens with zero attached hydrogens (tertiary/aromatic N) is 2. The van der Waals surface area contributed by atoms with E-state index >= 15 is 0 Å². The molecule has 2 aromatic carbocycles. The van der Waals surface area contributed by atoms with Crippen molar-refractivity contribution >= 4 is 56.9 Å². The van der Waals surface area contributed by atoms with Gasteiger partial charge in [0.2, 0.25) is 0 Å². The van der Waals surface area contributed by atoms with E-state index < -0.39 is 0 Å². The first kappa shape index (κ1) is 20.5. The molecule has 0 radical (unpaired) electrons. The van der Waals surface area contributed by atoms with Gasteiger partial charge in [0.25, 0.3) is 0 Å². The van der Waals surface area contributed by atoms with Crippen molar-refractivity contribution in [1.29, 1.82) is 0 Å². The van der Waals surface area contributed by atoms with Gasteiger partial charge in [0.05, 0.1) is 9.09 Å². The first-order valence-electron chi connectivity index (χ1n) is 9.17. The van der Waals surface area contributed by atoms with Crippen molar-refractivity contribution in [3.63, 3.8) is 0 Å². The van der Waals surface area contributed by atoms with Crippen LogP contribution in [0.25, 0.3) is 0 Å². The molecule has 0 saturated heterocycles. The van der Waals surface area contributed by atoms with Gasteiger partial charge in [-0.15, -0.1) is 34.4 Å². The summed E-state index contributed by atoms with van der Waals surface area (Å²) in [5, 5.41) is 5.94. The number of rotatable bonds is 8. The number of nitrogens with two attached hydrogens (primary N) is 1. The van der Waals surface area contributed by atoms with Crippen LogP contribution in [0.2, 0.25) is 0 Å². The molecular weight excluding hydrogens is 432 g/mol. The molecule has 0 amide bonds. The van der Waals surface area contributed by atoms with Crippen LogP contribution in [0.4, 0.5) is 16.6 Å². The van der Waals surface area contributed by atoms with E-state index in [9.17, 15) is 0 Å². The highest BCUT2D eigenvalue weighted by molar-refractivity contribution is 8.00. The average molecular weight is 453 g/mol. The Morgan fingerprint density at radius 2 is 1.90 bits per heavy atom. The number of amidine groups is 1. The quantitative estimate of drug-likeness (QED) is 0.187. The van der Waals surface area contributed by atoms with Crippen LogP contribution in [0, 0.1) is 0 Å². The lowest BCUT2D eigenvalue weighted by Gasteiger charge is -2.07. The third-order valence-electron chi connectivity index (χ3n) is 4.12. The van der Waals surface area contributed by atoms with Crippen LogP contribution in [0.5, 0.6) is 5.75 Å². The van der Waals surface area contributed by atoms with Gasteiger partial charge in [-0.25, -0.2) is 9.98 Å². The third kappa shape index (κ3) is 5.41. The molecule has 152 valence electrons. The molecule has 3 N–H and O–H groups in total. The summed E-state index contributed by atoms with van der Waals surface area (Å²) in [5.41, 5.74) is 8.20. The molecule has 30 heavy (non-hydrogen) atoms. The van der Waals surface area contributed by atoms with Crippen LogP contribution in [0.1, 0.15) is 10.4 Å². The molecule has 0 atom stereocenters. The summed E-state index contributed by atoms with van der Waals surface area (Å²) in [5.74, 6) is 1.90. The van der Waals surface area contributed by atoms with Crippen LogP contribution in [0.3, 0.4) is 0 Å². The SMILES string of the molecule is CSc1ccc(C(N)=Nc2csc(Nc3ccc(OCc4ccccc4)cc3)n2)s1. The molecule has 2 aromatic heterocycles. The van der Waals surface area contributed by atoms with Crippen LogP contribution in [-0.2, 0) is 6.61 Å². The zero-order valence-electron chi connectivity index (χ0n) is 16.2. The summed E-state index contributed by atoms with van der Waals surface area (Å²) >= 11 is 4.81. The van der Waals surface area contributed by atoms with Gasteiger partial charge >= 0.3 is 0 Å². The van der Waals surface area contributed by atoms with Crippen molar-refractivity contribution < 1.29 is 4.74 Å². The standard InChI is InChI=1S/C22H20N4OS3/c1-28-20-12-11-18(30-20)21(23)25-19-14-29-22(26-19)24-16-7-9-17(10-8-16)27-13-15-5-3-2-4-6-15/h2-12,14H,13H2,1H3,(H2,23,25)(H,24,26). The predicted octanol–water partition coefficient (Wildman–Crippen LogP) is 6.29. The Morgan fingerprint density at radius 3 is 2.63 bits per heavy atom. The van der Waals surface area contributed by atoms with E-state index in [0.29, 0.717) is 18.3 Å². The molecule has 4 rings (SSSR count). The van der Waals surface area contributed by atoms with Crippen molar-refractivity contribution in [2.24, 2.45) is 10.7 Å². The smallest absolute Gasteiger partial charge is 0.189 e. The molecular formula is C22H20N4OS3. The van der Waals surface area contributed by atoms with Gasteiger partial charge in [-0.05, 0) is 48.2 Å². The Bertz CT molecular complexity index is 1120. The number of thiophene rings is 1. The largest absolute Gasteiger partial charge is 0.489 e. The molecule has 0 bridgehead atoms. The Labute approximate surface area is 187 Å². The molecule has 0 unspecified atom stereocenters. The maximum atomic E-state index is 6.13. The molecule has 0 fully saturated rings. The summed E-state index contributed by atoms with van der Waals surface area (Å²) in [6, 6.07) is 22.0. The lowest BCUT2D eigenvalue weighted by molar-refractivity contribution is 0.306. The number of thioether (sulfide) groups is 1. The van der Waals surface area contributed by atoms with Gasteiger partial charge in [0.15, 0.2) is 10.9 Å². The maximum absolute atomic E-state index is 6.13. The maximum Gasteiger partial charge on any atom is 0.189 e. The van der Waals surface area contributed by atoms with Crippen molar-refractivity contribution in [2.75, 3.05) is 11.6 Å². The Balaban J connectivity index is 1.35. The summed E-state index contributed by atoms with van der Waals surface area (Å²) in [4.78, 5) is 9.90. The molecule has 8 heteroatoms. The second kappa shape index (κ2) is 9.80. The van der Waals surface area contributed by atoms with Gasteiger partial charge in [-0.3, -0.25) is 0 Å². The van der Waals surface area contributed by atoms with Crippen molar-refractivity contribution in [1.82, 2.24) is 4.98 Å². The first-order valence-corrected chi connectivity index (χ1v) is 12.1. The van der Waals surface area contributed by atoms with Crippen LogP contribution >= 0.6 is 34.4 Å². The highest BCUT2D eigenvalue weighted by atomic mass is 32.2. The molecule has 4 aromatic rings. The van der Waals surface area contributed by atoms with Gasteiger partial charge in [0, 0.05) is 11.1 Å². The number of thiazole rings is 1. The number of ether oxygens (including phenoxy) is 1. The molecule has 2 heterocycles. The van der Waals surface area contributed by atoms with Gasteiger partial charge in [-0.2, -0.15) is 0 Å².